The fourth-order valence-corrected chi connectivity index (χ4v) is 2.70. The predicted molar refractivity (Wildman–Crippen MR) is 104 cm³/mol. The normalized spacial score (nSPS) is 11.3. The Bertz CT molecular complexity index is 1190. The van der Waals surface area contributed by atoms with E-state index in [9.17, 15) is 18.0 Å². The highest BCUT2D eigenvalue weighted by Gasteiger charge is 2.30. The molecule has 0 unspecified atom stereocenters. The summed E-state index contributed by atoms with van der Waals surface area (Å²) >= 11 is 0. The molecule has 0 radical (unpaired) electrons. The van der Waals surface area contributed by atoms with Crippen molar-refractivity contribution in [3.8, 4) is 17.0 Å². The number of carbonyl (C=O) groups excluding carboxylic acids is 1. The molecule has 0 spiro atoms. The Morgan fingerprint density at radius 1 is 1.13 bits per heavy atom. The second-order valence-electron chi connectivity index (χ2n) is 6.40. The fraction of sp³-hybridized carbons (Fsp3) is 0.100. The van der Waals surface area contributed by atoms with E-state index in [1.807, 2.05) is 0 Å². The summed E-state index contributed by atoms with van der Waals surface area (Å²) in [6, 6.07) is 11.2. The number of hydrogen-bond acceptors (Lipinski definition) is 5. The minimum atomic E-state index is -4.46. The summed E-state index contributed by atoms with van der Waals surface area (Å²) in [5.41, 5.74) is 0.855. The third kappa shape index (κ3) is 4.89. The largest absolute Gasteiger partial charge is 0.471 e. The van der Waals surface area contributed by atoms with Crippen molar-refractivity contribution in [3.05, 3.63) is 78.4 Å². The zero-order valence-corrected chi connectivity index (χ0v) is 15.8. The van der Waals surface area contributed by atoms with Crippen molar-refractivity contribution in [2.75, 3.05) is 5.32 Å². The van der Waals surface area contributed by atoms with Crippen LogP contribution in [0.3, 0.4) is 0 Å². The first-order chi connectivity index (χ1) is 14.9. The number of carbonyl (C=O) groups is 1. The molecule has 0 aliphatic heterocycles. The standard InChI is InChI=1S/C20H15F3N6O2/c21-20(22,23)14-2-1-3-15(10-14)31-12-29-9-6-16(28-29)19(30)25-18-11-17(26-27-18)13-4-7-24-8-5-13/h1-11H,12H2,(H2,25,26,27,30). The Labute approximate surface area is 173 Å². The molecule has 0 saturated heterocycles. The number of pyridine rings is 1. The van der Waals surface area contributed by atoms with Gasteiger partial charge < -0.3 is 10.1 Å². The summed E-state index contributed by atoms with van der Waals surface area (Å²) in [6.07, 6.45) is 0.306. The number of aromatic nitrogens is 5. The van der Waals surface area contributed by atoms with Crippen LogP contribution in [0.2, 0.25) is 0 Å². The van der Waals surface area contributed by atoms with Gasteiger partial charge in [-0.15, -0.1) is 0 Å². The molecular weight excluding hydrogens is 413 g/mol. The highest BCUT2D eigenvalue weighted by molar-refractivity contribution is 6.02. The van der Waals surface area contributed by atoms with Crippen LogP contribution in [0, 0.1) is 0 Å². The number of benzene rings is 1. The minimum Gasteiger partial charge on any atom is -0.471 e. The molecule has 0 saturated carbocycles. The average molecular weight is 428 g/mol. The van der Waals surface area contributed by atoms with Crippen LogP contribution < -0.4 is 10.1 Å². The zero-order valence-electron chi connectivity index (χ0n) is 15.8. The summed E-state index contributed by atoms with van der Waals surface area (Å²) < 4.78 is 44.9. The number of halogens is 3. The van der Waals surface area contributed by atoms with Crippen molar-refractivity contribution in [1.29, 1.82) is 0 Å². The molecule has 2 N–H and O–H groups in total. The third-order valence-electron chi connectivity index (χ3n) is 4.21. The van der Waals surface area contributed by atoms with Crippen LogP contribution in [0.1, 0.15) is 16.1 Å². The minimum absolute atomic E-state index is 0.0384. The number of ether oxygens (including phenoxy) is 1. The van der Waals surface area contributed by atoms with Crippen LogP contribution in [0.15, 0.2) is 67.1 Å². The smallest absolute Gasteiger partial charge is 0.416 e. The lowest BCUT2D eigenvalue weighted by Gasteiger charge is -2.10. The molecule has 4 rings (SSSR count). The number of rotatable bonds is 6. The van der Waals surface area contributed by atoms with Crippen molar-refractivity contribution in [3.63, 3.8) is 0 Å². The van der Waals surface area contributed by atoms with Crippen molar-refractivity contribution in [2.45, 2.75) is 12.9 Å². The Kier molecular flexibility index (Phi) is 5.39. The van der Waals surface area contributed by atoms with Crippen LogP contribution in [0.4, 0.5) is 19.0 Å². The first kappa shape index (κ1) is 20.1. The van der Waals surface area contributed by atoms with Gasteiger partial charge in [-0.2, -0.15) is 23.4 Å². The number of nitrogens with zero attached hydrogens (tertiary/aromatic N) is 4. The van der Waals surface area contributed by atoms with E-state index in [4.69, 9.17) is 4.74 Å². The summed E-state index contributed by atoms with van der Waals surface area (Å²) in [7, 11) is 0. The topological polar surface area (TPSA) is 97.7 Å². The first-order valence-corrected chi connectivity index (χ1v) is 8.99. The molecule has 0 atom stereocenters. The summed E-state index contributed by atoms with van der Waals surface area (Å²) in [5, 5.41) is 13.5. The molecule has 0 aliphatic rings. The Hall–Kier alpha value is -4.15. The van der Waals surface area contributed by atoms with Gasteiger partial charge >= 0.3 is 6.18 Å². The van der Waals surface area contributed by atoms with Crippen LogP contribution >= 0.6 is 0 Å². The van der Waals surface area contributed by atoms with Gasteiger partial charge in [0.15, 0.2) is 18.2 Å². The van der Waals surface area contributed by atoms with Crippen LogP contribution in [0.5, 0.6) is 5.75 Å². The molecule has 11 heteroatoms. The quantitative estimate of drug-likeness (QED) is 0.484. The molecule has 4 aromatic rings. The van der Waals surface area contributed by atoms with Gasteiger partial charge in [0.05, 0.1) is 11.3 Å². The highest BCUT2D eigenvalue weighted by Crippen LogP contribution is 2.31. The maximum absolute atomic E-state index is 12.8. The number of aromatic amines is 1. The molecule has 1 aromatic carbocycles. The molecular formula is C20H15F3N6O2. The van der Waals surface area contributed by atoms with E-state index in [0.717, 1.165) is 17.7 Å². The fourth-order valence-electron chi connectivity index (χ4n) is 2.70. The molecule has 3 aromatic heterocycles. The van der Waals surface area contributed by atoms with Gasteiger partial charge in [0.1, 0.15) is 5.75 Å². The van der Waals surface area contributed by atoms with E-state index in [-0.39, 0.29) is 18.2 Å². The van der Waals surface area contributed by atoms with E-state index in [1.54, 1.807) is 30.6 Å². The lowest BCUT2D eigenvalue weighted by molar-refractivity contribution is -0.137. The monoisotopic (exact) mass is 428 g/mol. The van der Waals surface area contributed by atoms with Crippen LogP contribution in [-0.4, -0.2) is 30.9 Å². The number of amides is 1. The molecule has 3 heterocycles. The zero-order chi connectivity index (χ0) is 21.8. The van der Waals surface area contributed by atoms with Crippen molar-refractivity contribution in [1.82, 2.24) is 25.0 Å². The molecule has 1 amide bonds. The summed E-state index contributed by atoms with van der Waals surface area (Å²) in [6.45, 7) is -0.164. The van der Waals surface area contributed by atoms with Gasteiger partial charge in [-0.25, -0.2) is 4.68 Å². The first-order valence-electron chi connectivity index (χ1n) is 8.99. The van der Waals surface area contributed by atoms with E-state index in [2.05, 4.69) is 25.6 Å². The van der Waals surface area contributed by atoms with Gasteiger partial charge in [-0.3, -0.25) is 14.9 Å². The second kappa shape index (κ2) is 8.30. The van der Waals surface area contributed by atoms with Gasteiger partial charge in [0, 0.05) is 30.2 Å². The Morgan fingerprint density at radius 3 is 2.71 bits per heavy atom. The number of hydrogen-bond donors (Lipinski definition) is 2. The van der Waals surface area contributed by atoms with E-state index in [0.29, 0.717) is 11.5 Å². The summed E-state index contributed by atoms with van der Waals surface area (Å²) in [4.78, 5) is 16.3. The molecule has 31 heavy (non-hydrogen) atoms. The van der Waals surface area contributed by atoms with Gasteiger partial charge in [-0.05, 0) is 36.4 Å². The number of nitrogens with one attached hydrogen (secondary N) is 2. The van der Waals surface area contributed by atoms with E-state index < -0.39 is 17.6 Å². The molecule has 0 bridgehead atoms. The SMILES string of the molecule is O=C(Nc1cc(-c2ccncc2)[nH]n1)c1ccn(COc2cccc(C(F)(F)F)c2)n1. The van der Waals surface area contributed by atoms with Gasteiger partial charge in [0.2, 0.25) is 0 Å². The second-order valence-corrected chi connectivity index (χ2v) is 6.40. The summed E-state index contributed by atoms with van der Waals surface area (Å²) in [5.74, 6) is -0.145. The lowest BCUT2D eigenvalue weighted by atomic mass is 10.2. The molecule has 8 nitrogen and oxygen atoms in total. The maximum Gasteiger partial charge on any atom is 0.416 e. The van der Waals surface area contributed by atoms with E-state index in [1.165, 1.54) is 29.1 Å². The Morgan fingerprint density at radius 2 is 1.94 bits per heavy atom. The molecule has 0 aliphatic carbocycles. The molecule has 0 fully saturated rings. The third-order valence-corrected chi connectivity index (χ3v) is 4.21. The van der Waals surface area contributed by atoms with Crippen molar-refractivity contribution >= 4 is 11.7 Å². The van der Waals surface area contributed by atoms with Gasteiger partial charge in [0.25, 0.3) is 5.91 Å². The maximum atomic E-state index is 12.8. The average Bonchev–Trinajstić information content (AvgIpc) is 3.42. The van der Waals surface area contributed by atoms with Crippen LogP contribution in [0.25, 0.3) is 11.3 Å². The van der Waals surface area contributed by atoms with E-state index >= 15 is 0 Å². The highest BCUT2D eigenvalue weighted by atomic mass is 19.4. The number of alkyl halides is 3. The van der Waals surface area contributed by atoms with Gasteiger partial charge in [-0.1, -0.05) is 6.07 Å². The number of H-pyrrole nitrogens is 1. The van der Waals surface area contributed by atoms with Crippen molar-refractivity contribution < 1.29 is 22.7 Å². The van der Waals surface area contributed by atoms with Crippen LogP contribution in [-0.2, 0) is 12.9 Å². The lowest BCUT2D eigenvalue weighted by Crippen LogP contribution is -2.14. The molecule has 158 valence electrons. The van der Waals surface area contributed by atoms with Crippen molar-refractivity contribution in [2.24, 2.45) is 0 Å². The Balaban J connectivity index is 1.37. The predicted octanol–water partition coefficient (Wildman–Crippen LogP) is 3.98. The number of anilines is 1.